The van der Waals surface area contributed by atoms with Crippen molar-refractivity contribution < 1.29 is 0 Å². The van der Waals surface area contributed by atoms with Crippen molar-refractivity contribution in [1.82, 2.24) is 14.5 Å². The maximum atomic E-state index is 11.9. The van der Waals surface area contributed by atoms with Gasteiger partial charge >= 0.3 is 0 Å². The first-order valence-electron chi connectivity index (χ1n) is 7.16. The third-order valence-electron chi connectivity index (χ3n) is 3.87. The first kappa shape index (κ1) is 13.1. The Kier molecular flexibility index (Phi) is 3.69. The van der Waals surface area contributed by atoms with E-state index in [-0.39, 0.29) is 5.56 Å². The first-order chi connectivity index (χ1) is 9.74. The van der Waals surface area contributed by atoms with Gasteiger partial charge in [0.15, 0.2) is 0 Å². The fourth-order valence-electron chi connectivity index (χ4n) is 2.69. The van der Waals surface area contributed by atoms with Gasteiger partial charge in [0.2, 0.25) is 0 Å². The highest BCUT2D eigenvalue weighted by Crippen LogP contribution is 2.14. The molecule has 1 saturated heterocycles. The lowest BCUT2D eigenvalue weighted by molar-refractivity contribution is 0.352. The van der Waals surface area contributed by atoms with E-state index in [1.165, 1.54) is 30.5 Å². The molecule has 0 saturated carbocycles. The van der Waals surface area contributed by atoms with E-state index in [9.17, 15) is 4.79 Å². The lowest BCUT2D eigenvalue weighted by atomic mass is 10.2. The van der Waals surface area contributed by atoms with E-state index in [2.05, 4.69) is 15.2 Å². The Labute approximate surface area is 118 Å². The number of nitrogens with zero attached hydrogens (tertiary/aromatic N) is 3. The zero-order chi connectivity index (χ0) is 13.9. The molecule has 0 spiro atoms. The zero-order valence-corrected chi connectivity index (χ0v) is 11.8. The predicted octanol–water partition coefficient (Wildman–Crippen LogP) is 1.44. The van der Waals surface area contributed by atoms with Crippen LogP contribution in [0.1, 0.15) is 12.8 Å². The van der Waals surface area contributed by atoms with Gasteiger partial charge in [-0.25, -0.2) is 4.98 Å². The largest absolute Gasteiger partial charge is 0.384 e. The number of fused-ring (bicyclic) bond motifs is 1. The average Bonchev–Trinajstić information content (AvgIpc) is 2.96. The Hall–Kier alpha value is -1.88. The fourth-order valence-corrected chi connectivity index (χ4v) is 2.69. The molecule has 1 aliphatic heterocycles. The van der Waals surface area contributed by atoms with Gasteiger partial charge in [-0.15, -0.1) is 0 Å². The van der Waals surface area contributed by atoms with Crippen molar-refractivity contribution in [3.05, 3.63) is 34.9 Å². The molecular formula is C15H20N4O. The number of hydrogen-bond acceptors (Lipinski definition) is 4. The molecule has 1 N–H and O–H groups in total. The van der Waals surface area contributed by atoms with Gasteiger partial charge in [-0.3, -0.25) is 4.79 Å². The molecule has 0 atom stereocenters. The molecule has 1 aromatic heterocycles. The van der Waals surface area contributed by atoms with E-state index in [4.69, 9.17) is 0 Å². The Morgan fingerprint density at radius 2 is 2.10 bits per heavy atom. The molecule has 0 radical (unpaired) electrons. The Morgan fingerprint density at radius 1 is 1.30 bits per heavy atom. The van der Waals surface area contributed by atoms with Crippen molar-refractivity contribution in [3.63, 3.8) is 0 Å². The molecule has 1 fully saturated rings. The standard InChI is InChI=1S/C15H20N4O/c1-18-11-17-14-10-12(4-5-13(14)15(18)20)16-6-9-19-7-2-3-8-19/h4-5,10-11,16H,2-3,6-9H2,1H3. The minimum absolute atomic E-state index is 0.00128. The van der Waals surface area contributed by atoms with Crippen LogP contribution in [-0.4, -0.2) is 40.6 Å². The second-order valence-electron chi connectivity index (χ2n) is 5.37. The van der Waals surface area contributed by atoms with Crippen molar-refractivity contribution in [2.45, 2.75) is 12.8 Å². The smallest absolute Gasteiger partial charge is 0.260 e. The maximum Gasteiger partial charge on any atom is 0.260 e. The third-order valence-corrected chi connectivity index (χ3v) is 3.87. The molecular weight excluding hydrogens is 252 g/mol. The molecule has 1 aliphatic rings. The topological polar surface area (TPSA) is 50.2 Å². The molecule has 2 aromatic rings. The second kappa shape index (κ2) is 5.63. The van der Waals surface area contributed by atoms with E-state index in [1.54, 1.807) is 13.4 Å². The highest BCUT2D eigenvalue weighted by atomic mass is 16.1. The molecule has 1 aromatic carbocycles. The molecule has 0 aliphatic carbocycles. The molecule has 5 heteroatoms. The van der Waals surface area contributed by atoms with E-state index in [0.29, 0.717) is 5.39 Å². The monoisotopic (exact) mass is 272 g/mol. The molecule has 3 rings (SSSR count). The SMILES string of the molecule is Cn1cnc2cc(NCCN3CCCC3)ccc2c1=O. The van der Waals surface area contributed by atoms with Crippen LogP contribution < -0.4 is 10.9 Å². The molecule has 2 heterocycles. The van der Waals surface area contributed by atoms with Gasteiger partial charge in [0.1, 0.15) is 0 Å². The summed E-state index contributed by atoms with van der Waals surface area (Å²) in [5.74, 6) is 0. The van der Waals surface area contributed by atoms with E-state index in [1.807, 2.05) is 18.2 Å². The van der Waals surface area contributed by atoms with Crippen LogP contribution in [0.2, 0.25) is 0 Å². The van der Waals surface area contributed by atoms with E-state index >= 15 is 0 Å². The zero-order valence-electron chi connectivity index (χ0n) is 11.8. The van der Waals surface area contributed by atoms with Crippen LogP contribution in [0.4, 0.5) is 5.69 Å². The normalized spacial score (nSPS) is 15.8. The number of rotatable bonds is 4. The minimum atomic E-state index is -0.00128. The summed E-state index contributed by atoms with van der Waals surface area (Å²) in [6, 6.07) is 5.75. The van der Waals surface area contributed by atoms with Crippen LogP contribution in [0.5, 0.6) is 0 Å². The summed E-state index contributed by atoms with van der Waals surface area (Å²) < 4.78 is 1.50. The number of aryl methyl sites for hydroxylation is 1. The summed E-state index contributed by atoms with van der Waals surface area (Å²) in [5.41, 5.74) is 1.77. The van der Waals surface area contributed by atoms with E-state index in [0.717, 1.165) is 24.3 Å². The second-order valence-corrected chi connectivity index (χ2v) is 5.37. The summed E-state index contributed by atoms with van der Waals surface area (Å²) in [6.07, 6.45) is 4.21. The fraction of sp³-hybridized carbons (Fsp3) is 0.467. The summed E-state index contributed by atoms with van der Waals surface area (Å²) in [4.78, 5) is 18.7. The van der Waals surface area contributed by atoms with Crippen LogP contribution in [0.25, 0.3) is 10.9 Å². The number of anilines is 1. The molecule has 0 amide bonds. The number of aromatic nitrogens is 2. The minimum Gasteiger partial charge on any atom is -0.384 e. The Balaban J connectivity index is 1.69. The van der Waals surface area contributed by atoms with Gasteiger partial charge in [0, 0.05) is 25.8 Å². The van der Waals surface area contributed by atoms with Gasteiger partial charge in [-0.05, 0) is 44.1 Å². The quantitative estimate of drug-likeness (QED) is 0.915. The van der Waals surface area contributed by atoms with Crippen molar-refractivity contribution in [2.75, 3.05) is 31.5 Å². The summed E-state index contributed by atoms with van der Waals surface area (Å²) >= 11 is 0. The lowest BCUT2D eigenvalue weighted by Gasteiger charge is -2.15. The first-order valence-corrected chi connectivity index (χ1v) is 7.16. The average molecular weight is 272 g/mol. The summed E-state index contributed by atoms with van der Waals surface area (Å²) in [7, 11) is 1.72. The third kappa shape index (κ3) is 2.67. The molecule has 0 bridgehead atoms. The van der Waals surface area contributed by atoms with Gasteiger partial charge in [-0.1, -0.05) is 0 Å². The maximum absolute atomic E-state index is 11.9. The summed E-state index contributed by atoms with van der Waals surface area (Å²) in [5, 5.41) is 4.07. The van der Waals surface area contributed by atoms with Gasteiger partial charge in [-0.2, -0.15) is 0 Å². The van der Waals surface area contributed by atoms with E-state index < -0.39 is 0 Å². The molecule has 0 unspecified atom stereocenters. The van der Waals surface area contributed by atoms with Crippen LogP contribution in [0.15, 0.2) is 29.3 Å². The lowest BCUT2D eigenvalue weighted by Crippen LogP contribution is -2.26. The van der Waals surface area contributed by atoms with Crippen molar-refractivity contribution in [2.24, 2.45) is 7.05 Å². The van der Waals surface area contributed by atoms with Crippen LogP contribution in [0.3, 0.4) is 0 Å². The highest BCUT2D eigenvalue weighted by Gasteiger charge is 2.10. The van der Waals surface area contributed by atoms with Gasteiger partial charge < -0.3 is 14.8 Å². The van der Waals surface area contributed by atoms with Crippen LogP contribution >= 0.6 is 0 Å². The number of benzene rings is 1. The van der Waals surface area contributed by atoms with Crippen LogP contribution in [0, 0.1) is 0 Å². The van der Waals surface area contributed by atoms with Gasteiger partial charge in [0.05, 0.1) is 17.2 Å². The number of hydrogen-bond donors (Lipinski definition) is 1. The predicted molar refractivity (Wildman–Crippen MR) is 81.1 cm³/mol. The summed E-state index contributed by atoms with van der Waals surface area (Å²) in [6.45, 7) is 4.44. The number of likely N-dealkylation sites (tertiary alicyclic amines) is 1. The molecule has 20 heavy (non-hydrogen) atoms. The highest BCUT2D eigenvalue weighted by molar-refractivity contribution is 5.81. The Bertz CT molecular complexity index is 658. The molecule has 5 nitrogen and oxygen atoms in total. The molecule has 106 valence electrons. The van der Waals surface area contributed by atoms with Crippen molar-refractivity contribution in [1.29, 1.82) is 0 Å². The number of nitrogens with one attached hydrogen (secondary N) is 1. The van der Waals surface area contributed by atoms with Gasteiger partial charge in [0.25, 0.3) is 5.56 Å². The Morgan fingerprint density at radius 3 is 2.90 bits per heavy atom. The van der Waals surface area contributed by atoms with Crippen molar-refractivity contribution >= 4 is 16.6 Å². The van der Waals surface area contributed by atoms with Crippen LogP contribution in [-0.2, 0) is 7.05 Å². The van der Waals surface area contributed by atoms with Crippen molar-refractivity contribution in [3.8, 4) is 0 Å².